The summed E-state index contributed by atoms with van der Waals surface area (Å²) in [6, 6.07) is 0. The highest BCUT2D eigenvalue weighted by molar-refractivity contribution is 7.47. The molecule has 0 saturated carbocycles. The van der Waals surface area contributed by atoms with Gasteiger partial charge >= 0.3 is 39.5 Å². The summed E-state index contributed by atoms with van der Waals surface area (Å²) < 4.78 is 68.5. The van der Waals surface area contributed by atoms with E-state index in [9.17, 15) is 43.2 Å². The molecular formula is C78H152O17P2. The smallest absolute Gasteiger partial charge is 0.462 e. The molecule has 17 nitrogen and oxygen atoms in total. The number of hydrogen-bond acceptors (Lipinski definition) is 15. The fourth-order valence-electron chi connectivity index (χ4n) is 11.9. The fourth-order valence-corrected chi connectivity index (χ4v) is 13.5. The van der Waals surface area contributed by atoms with E-state index in [4.69, 9.17) is 37.0 Å². The van der Waals surface area contributed by atoms with Crippen molar-refractivity contribution in [1.82, 2.24) is 0 Å². The molecule has 0 amide bonds. The largest absolute Gasteiger partial charge is 0.472 e. The minimum Gasteiger partial charge on any atom is -0.462 e. The van der Waals surface area contributed by atoms with Crippen LogP contribution < -0.4 is 0 Å². The Morgan fingerprint density at radius 1 is 0.289 bits per heavy atom. The zero-order chi connectivity index (χ0) is 71.4. The minimum atomic E-state index is -4.96. The number of esters is 4. The highest BCUT2D eigenvalue weighted by Crippen LogP contribution is 2.45. The first-order valence-corrected chi connectivity index (χ1v) is 43.6. The Labute approximate surface area is 594 Å². The molecule has 0 spiro atoms. The van der Waals surface area contributed by atoms with Gasteiger partial charge in [-0.3, -0.25) is 37.3 Å². The number of carbonyl (C=O) groups is 4. The van der Waals surface area contributed by atoms with Crippen LogP contribution in [0.3, 0.4) is 0 Å². The van der Waals surface area contributed by atoms with Crippen LogP contribution in [0.5, 0.6) is 0 Å². The average molecular weight is 1420 g/mol. The van der Waals surface area contributed by atoms with E-state index in [-0.39, 0.29) is 25.7 Å². The minimum absolute atomic E-state index is 0.106. The van der Waals surface area contributed by atoms with Gasteiger partial charge in [0.2, 0.25) is 0 Å². The van der Waals surface area contributed by atoms with Crippen LogP contribution in [-0.2, 0) is 65.4 Å². The summed E-state index contributed by atoms with van der Waals surface area (Å²) in [6.45, 7) is 9.65. The maximum atomic E-state index is 13.1. The van der Waals surface area contributed by atoms with E-state index in [1.165, 1.54) is 212 Å². The third kappa shape index (κ3) is 69.5. The predicted molar refractivity (Wildman–Crippen MR) is 395 cm³/mol. The summed E-state index contributed by atoms with van der Waals surface area (Å²) in [5.41, 5.74) is 0. The maximum Gasteiger partial charge on any atom is 0.472 e. The molecule has 0 rings (SSSR count). The van der Waals surface area contributed by atoms with Crippen LogP contribution in [0.15, 0.2) is 0 Å². The fraction of sp³-hybridized carbons (Fsp3) is 0.949. The van der Waals surface area contributed by atoms with Crippen LogP contribution in [0.1, 0.15) is 408 Å². The number of phosphoric acid groups is 2. The van der Waals surface area contributed by atoms with E-state index in [0.29, 0.717) is 25.7 Å². The molecule has 97 heavy (non-hydrogen) atoms. The molecule has 0 aromatic carbocycles. The molecule has 4 unspecified atom stereocenters. The van der Waals surface area contributed by atoms with Crippen LogP contribution in [-0.4, -0.2) is 96.7 Å². The molecule has 0 aromatic heterocycles. The maximum absolute atomic E-state index is 13.1. The second-order valence-electron chi connectivity index (χ2n) is 28.6. The van der Waals surface area contributed by atoms with Gasteiger partial charge in [0.15, 0.2) is 12.2 Å². The number of unbranched alkanes of at least 4 members (excludes halogenated alkanes) is 45. The van der Waals surface area contributed by atoms with E-state index in [0.717, 1.165) is 115 Å². The molecule has 0 aromatic rings. The lowest BCUT2D eigenvalue weighted by Crippen LogP contribution is -2.30. The molecule has 19 heteroatoms. The Balaban J connectivity index is 5.20. The first-order chi connectivity index (χ1) is 46.9. The molecule has 7 atom stereocenters. The van der Waals surface area contributed by atoms with Crippen molar-refractivity contribution in [3.63, 3.8) is 0 Å². The summed E-state index contributed by atoms with van der Waals surface area (Å²) in [4.78, 5) is 72.8. The van der Waals surface area contributed by atoms with Gasteiger partial charge in [-0.25, -0.2) is 9.13 Å². The monoisotopic (exact) mass is 1420 g/mol. The Morgan fingerprint density at radius 2 is 0.495 bits per heavy atom. The molecule has 0 radical (unpaired) electrons. The summed E-state index contributed by atoms with van der Waals surface area (Å²) in [5, 5.41) is 10.6. The normalized spacial score (nSPS) is 14.5. The number of phosphoric ester groups is 2. The number of carbonyl (C=O) groups excluding carboxylic acids is 4. The second-order valence-corrected chi connectivity index (χ2v) is 31.5. The summed E-state index contributed by atoms with van der Waals surface area (Å²) in [6.07, 6.45) is 58.3. The van der Waals surface area contributed by atoms with Crippen LogP contribution in [0.4, 0.5) is 0 Å². The number of rotatable bonds is 77. The molecule has 0 bridgehead atoms. The first kappa shape index (κ1) is 95.1. The van der Waals surface area contributed by atoms with Gasteiger partial charge in [-0.15, -0.1) is 0 Å². The Kier molecular flexibility index (Phi) is 68.4. The van der Waals surface area contributed by atoms with Crippen molar-refractivity contribution in [2.75, 3.05) is 39.6 Å². The molecule has 0 aliphatic carbocycles. The molecule has 0 aliphatic heterocycles. The van der Waals surface area contributed by atoms with Crippen molar-refractivity contribution < 1.29 is 80.2 Å². The second kappa shape index (κ2) is 69.8. The van der Waals surface area contributed by atoms with Gasteiger partial charge < -0.3 is 33.8 Å². The van der Waals surface area contributed by atoms with Crippen LogP contribution in [0.2, 0.25) is 0 Å². The van der Waals surface area contributed by atoms with Crippen LogP contribution in [0, 0.1) is 11.8 Å². The SMILES string of the molecule is CCCCCCCCCCCCCCCCCCCCC(=O)OC[C@H](COP(=O)(O)OC[C@@H](O)COP(=O)(O)OC[C@@H](COC(=O)CCCCCCCCC)OC(=O)CCCCCCCCCCCCC(C)CC)OC(=O)CCCCCCCCCCCCCCCCC(C)CC. The van der Waals surface area contributed by atoms with E-state index >= 15 is 0 Å². The molecule has 0 aliphatic rings. The number of hydrogen-bond donors (Lipinski definition) is 3. The van der Waals surface area contributed by atoms with Crippen molar-refractivity contribution in [3.05, 3.63) is 0 Å². The van der Waals surface area contributed by atoms with Gasteiger partial charge in [-0.1, -0.05) is 356 Å². The van der Waals surface area contributed by atoms with Crippen molar-refractivity contribution in [2.24, 2.45) is 11.8 Å². The van der Waals surface area contributed by atoms with Crippen molar-refractivity contribution in [2.45, 2.75) is 426 Å². The number of ether oxygens (including phenoxy) is 4. The van der Waals surface area contributed by atoms with E-state index in [1.54, 1.807) is 0 Å². The highest BCUT2D eigenvalue weighted by atomic mass is 31.2. The lowest BCUT2D eigenvalue weighted by atomic mass is 9.99. The Morgan fingerprint density at radius 3 is 0.732 bits per heavy atom. The lowest BCUT2D eigenvalue weighted by Gasteiger charge is -2.21. The van der Waals surface area contributed by atoms with Gasteiger partial charge in [0.25, 0.3) is 0 Å². The number of aliphatic hydroxyl groups excluding tert-OH is 1. The van der Waals surface area contributed by atoms with Crippen molar-refractivity contribution >= 4 is 39.5 Å². The summed E-state index contributed by atoms with van der Waals surface area (Å²) in [7, 11) is -9.91. The van der Waals surface area contributed by atoms with Gasteiger partial charge in [0.1, 0.15) is 19.3 Å². The third-order valence-electron chi connectivity index (χ3n) is 18.9. The zero-order valence-corrected chi connectivity index (χ0v) is 65.2. The van der Waals surface area contributed by atoms with Gasteiger partial charge in [0.05, 0.1) is 26.4 Å². The highest BCUT2D eigenvalue weighted by Gasteiger charge is 2.30. The number of aliphatic hydroxyl groups is 1. The first-order valence-electron chi connectivity index (χ1n) is 40.6. The van der Waals surface area contributed by atoms with Gasteiger partial charge in [-0.2, -0.15) is 0 Å². The molecular weight excluding hydrogens is 1270 g/mol. The summed E-state index contributed by atoms with van der Waals surface area (Å²) in [5.74, 6) is -0.468. The Bertz CT molecular complexity index is 1880. The molecule has 0 fully saturated rings. The Hall–Kier alpha value is -1.94. The van der Waals surface area contributed by atoms with Gasteiger partial charge in [0, 0.05) is 25.7 Å². The van der Waals surface area contributed by atoms with E-state index < -0.39 is 97.5 Å². The zero-order valence-electron chi connectivity index (χ0n) is 63.4. The molecule has 0 saturated heterocycles. The quantitative estimate of drug-likeness (QED) is 0.0222. The summed E-state index contributed by atoms with van der Waals surface area (Å²) >= 11 is 0. The van der Waals surface area contributed by atoms with Crippen molar-refractivity contribution in [3.8, 4) is 0 Å². The third-order valence-corrected chi connectivity index (χ3v) is 20.8. The predicted octanol–water partition coefficient (Wildman–Crippen LogP) is 23.1. The molecule has 0 heterocycles. The standard InChI is InChI=1S/C78H152O17P2/c1-7-11-13-15-17-18-19-20-21-22-23-24-28-31-37-43-49-55-61-76(81)89-67-74(95-77(82)62-56-50-44-38-32-29-26-25-27-30-35-41-46-52-58-70(5)9-3)69-93-97(86,87)91-65-72(79)64-90-96(84,85)92-68-73(66-88-75(80)60-54-48-40-16-14-12-8-2)94-78(83)63-57-51-45-39-34-33-36-42-47-53-59-71(6)10-4/h70-74,79H,7-69H2,1-6H3,(H,84,85)(H,86,87)/t70?,71?,72-,73+,74+/m0/s1. The van der Waals surface area contributed by atoms with E-state index in [1.807, 2.05) is 0 Å². The van der Waals surface area contributed by atoms with Gasteiger partial charge in [-0.05, 0) is 37.5 Å². The topological polar surface area (TPSA) is 237 Å². The van der Waals surface area contributed by atoms with Crippen LogP contribution in [0.25, 0.3) is 0 Å². The van der Waals surface area contributed by atoms with Crippen molar-refractivity contribution in [1.29, 1.82) is 0 Å². The van der Waals surface area contributed by atoms with Crippen LogP contribution >= 0.6 is 15.6 Å². The molecule has 3 N–H and O–H groups in total. The van der Waals surface area contributed by atoms with E-state index in [2.05, 4.69) is 41.5 Å². The average Bonchev–Trinajstić information content (AvgIpc) is 1.94. The molecule has 576 valence electrons. The lowest BCUT2D eigenvalue weighted by molar-refractivity contribution is -0.161.